The molecule has 1 aromatic carbocycles. The molecule has 0 radical (unpaired) electrons. The Morgan fingerprint density at radius 1 is 1.44 bits per heavy atom. The summed E-state index contributed by atoms with van der Waals surface area (Å²) in [6.07, 6.45) is 0. The average molecular weight is 246 g/mol. The van der Waals surface area contributed by atoms with Gasteiger partial charge in [-0.2, -0.15) is 0 Å². The topological polar surface area (TPSA) is 45.1 Å². The largest absolute Gasteiger partial charge is 1.00 e. The van der Waals surface area contributed by atoms with Crippen LogP contribution in [-0.2, 0) is 6.54 Å². The van der Waals surface area contributed by atoms with Crippen molar-refractivity contribution in [3.8, 4) is 0 Å². The van der Waals surface area contributed by atoms with Gasteiger partial charge in [-0.15, -0.1) is 0 Å². The molecule has 0 spiro atoms. The number of rotatable bonds is 2. The maximum atomic E-state index is 10.9. The molecule has 0 aliphatic carbocycles. The summed E-state index contributed by atoms with van der Waals surface area (Å²) in [5.41, 5.74) is 1.05. The van der Waals surface area contributed by atoms with Gasteiger partial charge in [-0.05, 0) is 31.2 Å². The molecule has 0 unspecified atom stereocenters. The van der Waals surface area contributed by atoms with Gasteiger partial charge in [0.05, 0.1) is 11.7 Å². The smallest absolute Gasteiger partial charge is 0.543 e. The molecule has 0 aliphatic heterocycles. The Labute approximate surface area is 120 Å². The van der Waals surface area contributed by atoms with Crippen molar-refractivity contribution in [3.05, 3.63) is 35.0 Å². The van der Waals surface area contributed by atoms with Crippen molar-refractivity contribution in [1.82, 2.24) is 4.57 Å². The number of benzene rings is 1. The van der Waals surface area contributed by atoms with Crippen LogP contribution in [0.1, 0.15) is 17.4 Å². The van der Waals surface area contributed by atoms with Crippen molar-refractivity contribution in [3.63, 3.8) is 0 Å². The predicted molar refractivity (Wildman–Crippen MR) is 57.0 cm³/mol. The number of carbonyl (C=O) groups excluding carboxylic acids is 1. The summed E-state index contributed by atoms with van der Waals surface area (Å²) in [6.45, 7) is 2.48. The fourth-order valence-electron chi connectivity index (χ4n) is 1.75. The molecule has 0 N–H and O–H groups in total. The number of hydrogen-bond acceptors (Lipinski definition) is 2. The van der Waals surface area contributed by atoms with Crippen LogP contribution in [0.25, 0.3) is 10.9 Å². The quantitative estimate of drug-likeness (QED) is 0.617. The predicted octanol–water partition coefficient (Wildman–Crippen LogP) is -1.32. The Bertz CT molecular complexity index is 536. The molecule has 2 rings (SSSR count). The molecule has 2 aromatic rings. The zero-order valence-corrected chi connectivity index (χ0v) is 11.9. The van der Waals surface area contributed by atoms with Gasteiger partial charge in [-0.25, -0.2) is 0 Å². The van der Waals surface area contributed by atoms with Crippen LogP contribution in [0.4, 0.5) is 0 Å². The summed E-state index contributed by atoms with van der Waals surface area (Å²) in [7, 11) is 0. The van der Waals surface area contributed by atoms with Gasteiger partial charge in [0.2, 0.25) is 0 Å². The van der Waals surface area contributed by atoms with Gasteiger partial charge in [0.15, 0.2) is 0 Å². The number of carboxylic acid groups (broad SMARTS) is 1. The number of fused-ring (bicyclic) bond motifs is 1. The summed E-state index contributed by atoms with van der Waals surface area (Å²) in [6, 6.07) is 6.89. The molecule has 3 nitrogen and oxygen atoms in total. The summed E-state index contributed by atoms with van der Waals surface area (Å²) in [4.78, 5) is 10.9. The number of nitrogens with zero attached hydrogens (tertiary/aromatic N) is 1. The third-order valence-electron chi connectivity index (χ3n) is 2.39. The molecule has 5 heteroatoms. The summed E-state index contributed by atoms with van der Waals surface area (Å²) in [5, 5.41) is 12.3. The Hall–Kier alpha value is -0.480. The SMILES string of the molecule is CCn1c(C(=O)[O-])cc2cc(Cl)ccc21.[Na+]. The molecular weight excluding hydrogens is 237 g/mol. The van der Waals surface area contributed by atoms with E-state index >= 15 is 0 Å². The number of aromatic nitrogens is 1. The minimum absolute atomic E-state index is 0. The Morgan fingerprint density at radius 3 is 2.69 bits per heavy atom. The first-order chi connectivity index (χ1) is 7.13. The Kier molecular flexibility index (Phi) is 4.44. The summed E-state index contributed by atoms with van der Waals surface area (Å²) in [5.74, 6) is -1.16. The maximum Gasteiger partial charge on any atom is 1.00 e. The van der Waals surface area contributed by atoms with Crippen molar-refractivity contribution >= 4 is 28.5 Å². The van der Waals surface area contributed by atoms with Crippen LogP contribution >= 0.6 is 11.6 Å². The third-order valence-corrected chi connectivity index (χ3v) is 2.62. The van der Waals surface area contributed by atoms with E-state index in [4.69, 9.17) is 11.6 Å². The standard InChI is InChI=1S/C11H10ClNO2.Na/c1-2-13-9-4-3-8(12)5-7(9)6-10(13)11(14)15;/h3-6H,2H2,1H3,(H,14,15);/q;+1/p-1. The summed E-state index contributed by atoms with van der Waals surface area (Å²) < 4.78 is 1.70. The van der Waals surface area contributed by atoms with Gasteiger partial charge in [0, 0.05) is 22.5 Å². The monoisotopic (exact) mass is 245 g/mol. The second-order valence-corrected chi connectivity index (χ2v) is 3.70. The molecule has 78 valence electrons. The number of aromatic carboxylic acids is 1. The van der Waals surface area contributed by atoms with Crippen LogP contribution in [0.5, 0.6) is 0 Å². The van der Waals surface area contributed by atoms with Gasteiger partial charge in [0.1, 0.15) is 0 Å². The summed E-state index contributed by atoms with van der Waals surface area (Å²) >= 11 is 5.83. The second-order valence-electron chi connectivity index (χ2n) is 3.26. The van der Waals surface area contributed by atoms with Crippen LogP contribution in [-0.4, -0.2) is 10.5 Å². The van der Waals surface area contributed by atoms with Gasteiger partial charge in [-0.3, -0.25) is 0 Å². The van der Waals surface area contributed by atoms with E-state index in [1.807, 2.05) is 13.0 Å². The zero-order valence-electron chi connectivity index (χ0n) is 9.16. The number of carboxylic acids is 1. The van der Waals surface area contributed by atoms with E-state index in [1.165, 1.54) is 0 Å². The first-order valence-corrected chi connectivity index (χ1v) is 5.01. The van der Waals surface area contributed by atoms with Crippen LogP contribution < -0.4 is 34.7 Å². The van der Waals surface area contributed by atoms with E-state index in [9.17, 15) is 9.90 Å². The second kappa shape index (κ2) is 5.23. The molecule has 0 fully saturated rings. The molecule has 1 aromatic heterocycles. The van der Waals surface area contributed by atoms with Crippen molar-refractivity contribution in [1.29, 1.82) is 0 Å². The molecule has 16 heavy (non-hydrogen) atoms. The van der Waals surface area contributed by atoms with E-state index in [2.05, 4.69) is 0 Å². The molecular formula is C11H9ClNNaO2. The van der Waals surface area contributed by atoms with E-state index < -0.39 is 5.97 Å². The van der Waals surface area contributed by atoms with E-state index in [0.29, 0.717) is 11.6 Å². The van der Waals surface area contributed by atoms with E-state index in [-0.39, 0.29) is 35.3 Å². The van der Waals surface area contributed by atoms with Gasteiger partial charge in [0.25, 0.3) is 0 Å². The van der Waals surface area contributed by atoms with E-state index in [0.717, 1.165) is 10.9 Å². The number of hydrogen-bond donors (Lipinski definition) is 0. The van der Waals surface area contributed by atoms with E-state index in [1.54, 1.807) is 22.8 Å². The molecule has 0 atom stereocenters. The third kappa shape index (κ3) is 2.28. The van der Waals surface area contributed by atoms with Crippen LogP contribution in [0.2, 0.25) is 5.02 Å². The van der Waals surface area contributed by atoms with Crippen LogP contribution in [0.3, 0.4) is 0 Å². The van der Waals surface area contributed by atoms with Gasteiger partial charge >= 0.3 is 29.6 Å². The van der Waals surface area contributed by atoms with Crippen LogP contribution in [0, 0.1) is 0 Å². The zero-order chi connectivity index (χ0) is 11.0. The molecule has 0 saturated carbocycles. The Morgan fingerprint density at radius 2 is 2.12 bits per heavy atom. The molecule has 0 bridgehead atoms. The van der Waals surface area contributed by atoms with Crippen LogP contribution in [0.15, 0.2) is 24.3 Å². The molecule has 1 heterocycles. The normalized spacial score (nSPS) is 10.1. The number of aryl methyl sites for hydroxylation is 1. The average Bonchev–Trinajstić information content (AvgIpc) is 2.55. The molecule has 0 saturated heterocycles. The fraction of sp³-hybridized carbons (Fsp3) is 0.182. The minimum atomic E-state index is -1.16. The first-order valence-electron chi connectivity index (χ1n) is 4.63. The fourth-order valence-corrected chi connectivity index (χ4v) is 1.93. The van der Waals surface area contributed by atoms with Crippen molar-refractivity contribution in [2.45, 2.75) is 13.5 Å². The minimum Gasteiger partial charge on any atom is -0.543 e. The molecule has 0 amide bonds. The van der Waals surface area contributed by atoms with Crippen molar-refractivity contribution in [2.75, 3.05) is 0 Å². The van der Waals surface area contributed by atoms with Crippen molar-refractivity contribution < 1.29 is 39.5 Å². The maximum absolute atomic E-state index is 10.9. The van der Waals surface area contributed by atoms with Gasteiger partial charge in [-0.1, -0.05) is 11.6 Å². The first kappa shape index (κ1) is 13.6. The van der Waals surface area contributed by atoms with Crippen molar-refractivity contribution in [2.24, 2.45) is 0 Å². The number of halogens is 1. The molecule has 0 aliphatic rings. The number of carbonyl (C=O) groups is 1. The Balaban J connectivity index is 0.00000128. The van der Waals surface area contributed by atoms with Gasteiger partial charge < -0.3 is 14.5 Å².